The van der Waals surface area contributed by atoms with Crippen LogP contribution in [-0.2, 0) is 16.0 Å². The van der Waals surface area contributed by atoms with Gasteiger partial charge in [-0.3, -0.25) is 4.79 Å². The van der Waals surface area contributed by atoms with Crippen LogP contribution in [0.25, 0.3) is 0 Å². The van der Waals surface area contributed by atoms with Gasteiger partial charge in [-0.25, -0.2) is 0 Å². The van der Waals surface area contributed by atoms with Crippen LogP contribution in [0.5, 0.6) is 0 Å². The Bertz CT molecular complexity index is 318. The van der Waals surface area contributed by atoms with E-state index in [4.69, 9.17) is 4.74 Å². The highest BCUT2D eigenvalue weighted by Gasteiger charge is 2.29. The summed E-state index contributed by atoms with van der Waals surface area (Å²) in [5, 5.41) is 4.15. The third kappa shape index (κ3) is 2.67. The summed E-state index contributed by atoms with van der Waals surface area (Å²) in [6, 6.07) is 2.08. The average molecular weight is 224 g/mol. The van der Waals surface area contributed by atoms with E-state index in [0.29, 0.717) is 12.3 Å². The van der Waals surface area contributed by atoms with Gasteiger partial charge in [0.05, 0.1) is 0 Å². The van der Waals surface area contributed by atoms with Crippen molar-refractivity contribution in [3.05, 3.63) is 22.4 Å². The number of ether oxygens (including phenoxy) is 1. The number of hydrogen-bond donors (Lipinski definition) is 0. The van der Waals surface area contributed by atoms with Gasteiger partial charge in [0, 0.05) is 13.0 Å². The highest BCUT2D eigenvalue weighted by atomic mass is 32.1. The van der Waals surface area contributed by atoms with Gasteiger partial charge in [0.2, 0.25) is 0 Å². The molecule has 1 aliphatic heterocycles. The van der Waals surface area contributed by atoms with Crippen molar-refractivity contribution in [3.63, 3.8) is 0 Å². The first-order chi connectivity index (χ1) is 7.27. The molecule has 1 aliphatic rings. The average Bonchev–Trinajstić information content (AvgIpc) is 2.84. The largest absolute Gasteiger partial charge is 0.370 e. The quantitative estimate of drug-likeness (QED) is 0.786. The summed E-state index contributed by atoms with van der Waals surface area (Å²) in [4.78, 5) is 11.8. The number of aryl methyl sites for hydroxylation is 1. The Balaban J connectivity index is 1.82. The fourth-order valence-corrected chi connectivity index (χ4v) is 2.65. The molecular formula is C12H16O2S. The Kier molecular flexibility index (Phi) is 3.54. The number of ketones is 1. The van der Waals surface area contributed by atoms with Crippen molar-refractivity contribution < 1.29 is 9.53 Å². The van der Waals surface area contributed by atoms with E-state index in [1.807, 2.05) is 0 Å². The van der Waals surface area contributed by atoms with Crippen LogP contribution in [0, 0.1) is 5.92 Å². The van der Waals surface area contributed by atoms with E-state index in [0.717, 1.165) is 19.4 Å². The lowest BCUT2D eigenvalue weighted by Gasteiger charge is -2.12. The van der Waals surface area contributed by atoms with Crippen molar-refractivity contribution >= 4 is 17.1 Å². The van der Waals surface area contributed by atoms with Crippen molar-refractivity contribution in [1.82, 2.24) is 0 Å². The number of hydrogen-bond acceptors (Lipinski definition) is 3. The van der Waals surface area contributed by atoms with Crippen molar-refractivity contribution in [2.45, 2.75) is 32.3 Å². The Morgan fingerprint density at radius 3 is 3.13 bits per heavy atom. The second kappa shape index (κ2) is 4.90. The summed E-state index contributed by atoms with van der Waals surface area (Å²) in [7, 11) is 0. The van der Waals surface area contributed by atoms with E-state index in [-0.39, 0.29) is 11.9 Å². The lowest BCUT2D eigenvalue weighted by molar-refractivity contribution is -0.129. The molecule has 0 radical (unpaired) electrons. The molecule has 0 spiro atoms. The zero-order valence-electron chi connectivity index (χ0n) is 8.94. The Labute approximate surface area is 94.3 Å². The molecule has 0 bridgehead atoms. The van der Waals surface area contributed by atoms with Crippen LogP contribution >= 0.6 is 11.3 Å². The second-order valence-corrected chi connectivity index (χ2v) is 4.94. The van der Waals surface area contributed by atoms with Gasteiger partial charge in [-0.2, -0.15) is 11.3 Å². The molecule has 2 atom stereocenters. The summed E-state index contributed by atoms with van der Waals surface area (Å²) in [6.07, 6.45) is 2.36. The van der Waals surface area contributed by atoms with Crippen LogP contribution in [-0.4, -0.2) is 18.5 Å². The van der Waals surface area contributed by atoms with Gasteiger partial charge in [-0.1, -0.05) is 6.92 Å². The molecule has 2 unspecified atom stereocenters. The summed E-state index contributed by atoms with van der Waals surface area (Å²) in [5.41, 5.74) is 1.26. The summed E-state index contributed by atoms with van der Waals surface area (Å²) >= 11 is 1.68. The Morgan fingerprint density at radius 2 is 2.53 bits per heavy atom. The molecule has 1 fully saturated rings. The molecule has 2 heterocycles. The van der Waals surface area contributed by atoms with Crippen molar-refractivity contribution in [2.24, 2.45) is 5.92 Å². The van der Waals surface area contributed by atoms with Gasteiger partial charge >= 0.3 is 0 Å². The van der Waals surface area contributed by atoms with Crippen LogP contribution in [0.2, 0.25) is 0 Å². The zero-order chi connectivity index (χ0) is 10.7. The first-order valence-electron chi connectivity index (χ1n) is 5.43. The minimum absolute atomic E-state index is 0.136. The molecule has 0 aromatic carbocycles. The van der Waals surface area contributed by atoms with Crippen molar-refractivity contribution in [3.8, 4) is 0 Å². The molecule has 2 rings (SSSR count). The fourth-order valence-electron chi connectivity index (χ4n) is 1.95. The molecule has 0 N–H and O–H groups in total. The number of thiophene rings is 1. The fraction of sp³-hybridized carbons (Fsp3) is 0.583. The number of carbonyl (C=O) groups excluding carboxylic acids is 1. The van der Waals surface area contributed by atoms with E-state index < -0.39 is 0 Å². The van der Waals surface area contributed by atoms with E-state index in [2.05, 4.69) is 23.8 Å². The first kappa shape index (κ1) is 10.8. The van der Waals surface area contributed by atoms with Crippen LogP contribution in [0.3, 0.4) is 0 Å². The van der Waals surface area contributed by atoms with Gasteiger partial charge < -0.3 is 4.74 Å². The molecular weight excluding hydrogens is 208 g/mol. The molecule has 82 valence electrons. The predicted octanol–water partition coefficient (Wildman–Crippen LogP) is 2.67. The maximum Gasteiger partial charge on any atom is 0.162 e. The summed E-state index contributed by atoms with van der Waals surface area (Å²) < 4.78 is 5.45. The van der Waals surface area contributed by atoms with E-state index in [1.165, 1.54) is 5.56 Å². The maximum atomic E-state index is 11.8. The highest BCUT2D eigenvalue weighted by Crippen LogP contribution is 2.22. The van der Waals surface area contributed by atoms with Gasteiger partial charge in [-0.15, -0.1) is 0 Å². The Morgan fingerprint density at radius 1 is 1.67 bits per heavy atom. The summed E-state index contributed by atoms with van der Waals surface area (Å²) in [6.45, 7) is 2.84. The van der Waals surface area contributed by atoms with Crippen molar-refractivity contribution in [2.75, 3.05) is 6.61 Å². The van der Waals surface area contributed by atoms with Crippen molar-refractivity contribution in [1.29, 1.82) is 0 Å². The van der Waals surface area contributed by atoms with Gasteiger partial charge in [-0.05, 0) is 41.1 Å². The minimum atomic E-state index is -0.136. The SMILES string of the molecule is CC1CCOC1C(=O)CCc1ccsc1. The monoisotopic (exact) mass is 224 g/mol. The van der Waals surface area contributed by atoms with E-state index in [9.17, 15) is 4.79 Å². The lowest BCUT2D eigenvalue weighted by atomic mass is 9.97. The topological polar surface area (TPSA) is 26.3 Å². The predicted molar refractivity (Wildman–Crippen MR) is 61.2 cm³/mol. The Hall–Kier alpha value is -0.670. The molecule has 0 saturated carbocycles. The first-order valence-corrected chi connectivity index (χ1v) is 6.37. The molecule has 1 aromatic heterocycles. The van der Waals surface area contributed by atoms with Gasteiger partial charge in [0.1, 0.15) is 6.10 Å². The lowest BCUT2D eigenvalue weighted by Crippen LogP contribution is -2.25. The molecule has 1 saturated heterocycles. The van der Waals surface area contributed by atoms with Gasteiger partial charge in [0.25, 0.3) is 0 Å². The van der Waals surface area contributed by atoms with E-state index >= 15 is 0 Å². The van der Waals surface area contributed by atoms with Crippen LogP contribution in [0.1, 0.15) is 25.3 Å². The number of rotatable bonds is 4. The summed E-state index contributed by atoms with van der Waals surface area (Å²) in [5.74, 6) is 0.672. The molecule has 15 heavy (non-hydrogen) atoms. The zero-order valence-corrected chi connectivity index (χ0v) is 9.76. The molecule has 2 nitrogen and oxygen atoms in total. The van der Waals surface area contributed by atoms with Crippen LogP contribution < -0.4 is 0 Å². The normalized spacial score (nSPS) is 25.7. The minimum Gasteiger partial charge on any atom is -0.370 e. The second-order valence-electron chi connectivity index (χ2n) is 4.16. The van der Waals surface area contributed by atoms with E-state index in [1.54, 1.807) is 11.3 Å². The maximum absolute atomic E-state index is 11.8. The van der Waals surface area contributed by atoms with Crippen LogP contribution in [0.15, 0.2) is 16.8 Å². The van der Waals surface area contributed by atoms with Crippen LogP contribution in [0.4, 0.5) is 0 Å². The highest BCUT2D eigenvalue weighted by molar-refractivity contribution is 7.07. The molecule has 1 aromatic rings. The standard InChI is InChI=1S/C12H16O2S/c1-9-4-6-14-12(9)11(13)3-2-10-5-7-15-8-10/h5,7-9,12H,2-4,6H2,1H3. The third-order valence-corrected chi connectivity index (χ3v) is 3.68. The number of carbonyl (C=O) groups is 1. The smallest absolute Gasteiger partial charge is 0.162 e. The molecule has 0 amide bonds. The van der Waals surface area contributed by atoms with Gasteiger partial charge in [0.15, 0.2) is 5.78 Å². The molecule has 3 heteroatoms. The number of Topliss-reactive ketones (excluding diaryl/α,β-unsaturated/α-hetero) is 1. The molecule has 0 aliphatic carbocycles. The third-order valence-electron chi connectivity index (χ3n) is 2.94.